The predicted octanol–water partition coefficient (Wildman–Crippen LogP) is 3.23. The van der Waals surface area contributed by atoms with Crippen LogP contribution in [0.15, 0.2) is 24.3 Å². The summed E-state index contributed by atoms with van der Waals surface area (Å²) in [5.41, 5.74) is 2.73. The Balaban J connectivity index is 1.97. The molecule has 0 aromatic heterocycles. The summed E-state index contributed by atoms with van der Waals surface area (Å²) in [7, 11) is 2.07. The van der Waals surface area contributed by atoms with E-state index in [-0.39, 0.29) is 0 Å². The minimum atomic E-state index is 0.446. The number of benzene rings is 1. The Bertz CT molecular complexity index is 385. The Morgan fingerprint density at radius 2 is 1.89 bits per heavy atom. The van der Waals surface area contributed by atoms with Crippen molar-refractivity contribution < 1.29 is 0 Å². The second-order valence-corrected chi connectivity index (χ2v) is 6.25. The molecule has 3 unspecified atom stereocenters. The van der Waals surface area contributed by atoms with E-state index in [1.54, 1.807) is 0 Å². The maximum absolute atomic E-state index is 3.47. The van der Waals surface area contributed by atoms with Gasteiger partial charge in [0.05, 0.1) is 0 Å². The van der Waals surface area contributed by atoms with E-state index in [4.69, 9.17) is 0 Å². The quantitative estimate of drug-likeness (QED) is 0.894. The first kappa shape index (κ1) is 14.5. The van der Waals surface area contributed by atoms with Gasteiger partial charge in [0.2, 0.25) is 0 Å². The van der Waals surface area contributed by atoms with Gasteiger partial charge >= 0.3 is 0 Å². The van der Waals surface area contributed by atoms with Crippen molar-refractivity contribution in [1.29, 1.82) is 0 Å². The molecule has 0 bridgehead atoms. The Morgan fingerprint density at radius 1 is 1.21 bits per heavy atom. The number of nitrogens with zero attached hydrogens (tertiary/aromatic N) is 1. The molecule has 1 aromatic carbocycles. The lowest BCUT2D eigenvalue weighted by atomic mass is 9.88. The fourth-order valence-corrected chi connectivity index (χ4v) is 2.94. The Morgan fingerprint density at radius 3 is 2.47 bits per heavy atom. The SMILES string of the molecule is CNC(CN1CCC(C)C(C)C1)c1ccc(C)cc1. The highest BCUT2D eigenvalue weighted by atomic mass is 15.2. The fourth-order valence-electron chi connectivity index (χ4n) is 2.94. The number of likely N-dealkylation sites (tertiary alicyclic amines) is 1. The molecule has 0 saturated carbocycles. The van der Waals surface area contributed by atoms with Crippen molar-refractivity contribution in [1.82, 2.24) is 10.2 Å². The van der Waals surface area contributed by atoms with Crippen molar-refractivity contribution in [3.63, 3.8) is 0 Å². The monoisotopic (exact) mass is 260 g/mol. The molecule has 1 saturated heterocycles. The van der Waals surface area contributed by atoms with Crippen molar-refractivity contribution in [2.45, 2.75) is 33.2 Å². The summed E-state index contributed by atoms with van der Waals surface area (Å²) < 4.78 is 0. The van der Waals surface area contributed by atoms with Crippen LogP contribution in [0.1, 0.15) is 37.4 Å². The van der Waals surface area contributed by atoms with Crippen LogP contribution in [0.2, 0.25) is 0 Å². The molecule has 1 aliphatic rings. The molecule has 1 aromatic rings. The molecule has 2 nitrogen and oxygen atoms in total. The zero-order chi connectivity index (χ0) is 13.8. The number of rotatable bonds is 4. The van der Waals surface area contributed by atoms with Gasteiger partial charge in [0.15, 0.2) is 0 Å². The number of hydrogen-bond donors (Lipinski definition) is 1. The first-order valence-electron chi connectivity index (χ1n) is 7.56. The van der Waals surface area contributed by atoms with Gasteiger partial charge in [-0.05, 0) is 44.3 Å². The topological polar surface area (TPSA) is 15.3 Å². The van der Waals surface area contributed by atoms with Crippen LogP contribution in [-0.4, -0.2) is 31.6 Å². The molecule has 1 N–H and O–H groups in total. The molecular formula is C17H28N2. The van der Waals surface area contributed by atoms with E-state index in [1.165, 1.54) is 30.6 Å². The smallest absolute Gasteiger partial charge is 0.0446 e. The van der Waals surface area contributed by atoms with Crippen molar-refractivity contribution in [3.8, 4) is 0 Å². The zero-order valence-corrected chi connectivity index (χ0v) is 12.8. The van der Waals surface area contributed by atoms with E-state index < -0.39 is 0 Å². The largest absolute Gasteiger partial charge is 0.312 e. The summed E-state index contributed by atoms with van der Waals surface area (Å²) in [6, 6.07) is 9.38. The Kier molecular flexibility index (Phi) is 5.00. The maximum atomic E-state index is 3.47. The van der Waals surface area contributed by atoms with E-state index in [0.717, 1.165) is 18.4 Å². The molecule has 0 amide bonds. The van der Waals surface area contributed by atoms with E-state index in [2.05, 4.69) is 62.3 Å². The maximum Gasteiger partial charge on any atom is 0.0446 e. The van der Waals surface area contributed by atoms with Gasteiger partial charge in [0, 0.05) is 19.1 Å². The molecular weight excluding hydrogens is 232 g/mol. The first-order chi connectivity index (χ1) is 9.10. The van der Waals surface area contributed by atoms with Gasteiger partial charge in [-0.25, -0.2) is 0 Å². The number of likely N-dealkylation sites (N-methyl/N-ethyl adjacent to an activating group) is 1. The molecule has 2 heteroatoms. The van der Waals surface area contributed by atoms with Crippen molar-refractivity contribution >= 4 is 0 Å². The molecule has 19 heavy (non-hydrogen) atoms. The van der Waals surface area contributed by atoms with E-state index in [1.807, 2.05) is 0 Å². The second kappa shape index (κ2) is 6.53. The van der Waals surface area contributed by atoms with Crippen LogP contribution in [0.5, 0.6) is 0 Å². The molecule has 0 radical (unpaired) electrons. The average Bonchev–Trinajstić information content (AvgIpc) is 2.41. The molecule has 1 aliphatic heterocycles. The van der Waals surface area contributed by atoms with Gasteiger partial charge < -0.3 is 10.2 Å². The standard InChI is InChI=1S/C17H28N2/c1-13-5-7-16(8-6-13)17(18-4)12-19-10-9-14(2)15(3)11-19/h5-8,14-15,17-18H,9-12H2,1-4H3. The summed E-state index contributed by atoms with van der Waals surface area (Å²) in [5.74, 6) is 1.70. The molecule has 0 aliphatic carbocycles. The lowest BCUT2D eigenvalue weighted by Crippen LogP contribution is -2.42. The number of piperidine rings is 1. The minimum absolute atomic E-state index is 0.446. The van der Waals surface area contributed by atoms with Crippen LogP contribution in [0, 0.1) is 18.8 Å². The van der Waals surface area contributed by atoms with Crippen LogP contribution < -0.4 is 5.32 Å². The Labute approximate surface area is 118 Å². The lowest BCUT2D eigenvalue weighted by Gasteiger charge is -2.37. The van der Waals surface area contributed by atoms with Crippen LogP contribution in [0.4, 0.5) is 0 Å². The van der Waals surface area contributed by atoms with E-state index in [0.29, 0.717) is 6.04 Å². The second-order valence-electron chi connectivity index (χ2n) is 6.25. The van der Waals surface area contributed by atoms with E-state index in [9.17, 15) is 0 Å². The van der Waals surface area contributed by atoms with Crippen LogP contribution in [0.25, 0.3) is 0 Å². The summed E-state index contributed by atoms with van der Waals surface area (Å²) in [6.45, 7) is 10.5. The Hall–Kier alpha value is -0.860. The van der Waals surface area contributed by atoms with Gasteiger partial charge in [-0.3, -0.25) is 0 Å². The summed E-state index contributed by atoms with van der Waals surface area (Å²) >= 11 is 0. The molecule has 0 spiro atoms. The van der Waals surface area contributed by atoms with Gasteiger partial charge in [0.25, 0.3) is 0 Å². The highest BCUT2D eigenvalue weighted by molar-refractivity contribution is 5.24. The van der Waals surface area contributed by atoms with Crippen LogP contribution in [0.3, 0.4) is 0 Å². The third-order valence-corrected chi connectivity index (χ3v) is 4.69. The number of nitrogens with one attached hydrogen (secondary N) is 1. The van der Waals surface area contributed by atoms with E-state index >= 15 is 0 Å². The van der Waals surface area contributed by atoms with Crippen LogP contribution in [-0.2, 0) is 0 Å². The van der Waals surface area contributed by atoms with Crippen molar-refractivity contribution in [2.75, 3.05) is 26.7 Å². The molecule has 3 atom stereocenters. The predicted molar refractivity (Wildman–Crippen MR) is 82.4 cm³/mol. The van der Waals surface area contributed by atoms with Crippen LogP contribution >= 0.6 is 0 Å². The first-order valence-corrected chi connectivity index (χ1v) is 7.56. The number of hydrogen-bond acceptors (Lipinski definition) is 2. The summed E-state index contributed by atoms with van der Waals surface area (Å²) in [6.07, 6.45) is 1.34. The molecule has 2 rings (SSSR count). The lowest BCUT2D eigenvalue weighted by molar-refractivity contribution is 0.128. The average molecular weight is 260 g/mol. The van der Waals surface area contributed by atoms with Gasteiger partial charge in [-0.2, -0.15) is 0 Å². The summed E-state index contributed by atoms with van der Waals surface area (Å²) in [5, 5.41) is 3.47. The van der Waals surface area contributed by atoms with Gasteiger partial charge in [0.1, 0.15) is 0 Å². The van der Waals surface area contributed by atoms with Gasteiger partial charge in [-0.15, -0.1) is 0 Å². The van der Waals surface area contributed by atoms with Crippen molar-refractivity contribution in [2.24, 2.45) is 11.8 Å². The summed E-state index contributed by atoms with van der Waals surface area (Å²) in [4.78, 5) is 2.62. The third-order valence-electron chi connectivity index (χ3n) is 4.69. The van der Waals surface area contributed by atoms with Gasteiger partial charge in [-0.1, -0.05) is 43.7 Å². The highest BCUT2D eigenvalue weighted by Gasteiger charge is 2.24. The fraction of sp³-hybridized carbons (Fsp3) is 0.647. The normalized spacial score (nSPS) is 26.3. The number of aryl methyl sites for hydroxylation is 1. The third kappa shape index (κ3) is 3.80. The highest BCUT2D eigenvalue weighted by Crippen LogP contribution is 2.24. The molecule has 106 valence electrons. The zero-order valence-electron chi connectivity index (χ0n) is 12.8. The minimum Gasteiger partial charge on any atom is -0.312 e. The van der Waals surface area contributed by atoms with Crippen molar-refractivity contribution in [3.05, 3.63) is 35.4 Å². The molecule has 1 heterocycles. The molecule has 1 fully saturated rings.